The highest BCUT2D eigenvalue weighted by Gasteiger charge is 2.21. The molecule has 0 aromatic heterocycles. The van der Waals surface area contributed by atoms with E-state index >= 15 is 0 Å². The average Bonchev–Trinajstić information content (AvgIpc) is 2.39. The maximum Gasteiger partial charge on any atom is 0.410 e. The molecule has 1 amide bonds. The Bertz CT molecular complexity index is 279. The van der Waals surface area contributed by atoms with Crippen molar-refractivity contribution in [1.82, 2.24) is 10.2 Å². The van der Waals surface area contributed by atoms with Gasteiger partial charge in [-0.3, -0.25) is 0 Å². The lowest BCUT2D eigenvalue weighted by Gasteiger charge is -2.28. The Morgan fingerprint density at radius 1 is 1.19 bits per heavy atom. The summed E-state index contributed by atoms with van der Waals surface area (Å²) in [5, 5.41) is 3.38. The fourth-order valence-electron chi connectivity index (χ4n) is 1.75. The third-order valence-corrected chi connectivity index (χ3v) is 2.89. The Hall–Kier alpha value is -0.850. The summed E-state index contributed by atoms with van der Waals surface area (Å²) in [5.74, 6) is 0. The molecule has 0 aromatic carbocycles. The van der Waals surface area contributed by atoms with Crippen LogP contribution in [-0.4, -0.2) is 69.7 Å². The number of carbonyl (C=O) groups is 1. The van der Waals surface area contributed by atoms with Gasteiger partial charge in [-0.2, -0.15) is 0 Å². The molecule has 0 saturated heterocycles. The fraction of sp³-hybridized carbons (Fsp3) is 0.933. The van der Waals surface area contributed by atoms with Crippen LogP contribution in [0.3, 0.4) is 0 Å². The second-order valence-electron chi connectivity index (χ2n) is 5.97. The minimum Gasteiger partial charge on any atom is -0.444 e. The number of nitrogens with zero attached hydrogens (tertiary/aromatic N) is 1. The number of hydrogen-bond donors (Lipinski definition) is 1. The van der Waals surface area contributed by atoms with Crippen LogP contribution in [0.15, 0.2) is 0 Å². The largest absolute Gasteiger partial charge is 0.444 e. The quantitative estimate of drug-likeness (QED) is 0.668. The molecular weight excluding hydrogens is 272 g/mol. The summed E-state index contributed by atoms with van der Waals surface area (Å²) in [6.45, 7) is 10.7. The minimum atomic E-state index is -0.488. The first-order chi connectivity index (χ1) is 9.84. The van der Waals surface area contributed by atoms with Crippen molar-refractivity contribution in [1.29, 1.82) is 0 Å². The fourth-order valence-corrected chi connectivity index (χ4v) is 1.75. The zero-order valence-electron chi connectivity index (χ0n) is 14.4. The Morgan fingerprint density at radius 3 is 2.33 bits per heavy atom. The Labute approximate surface area is 129 Å². The number of nitrogens with one attached hydrogen (secondary N) is 1. The Kier molecular flexibility index (Phi) is 10.4. The van der Waals surface area contributed by atoms with Crippen molar-refractivity contribution in [3.63, 3.8) is 0 Å². The predicted octanol–water partition coefficient (Wildman–Crippen LogP) is 1.88. The van der Waals surface area contributed by atoms with Crippen LogP contribution >= 0.6 is 0 Å². The standard InChI is InChI=1S/C15H32N2O4/c1-7-13(12-20-6)16-8-9-17(10-11-19-5)14(18)21-15(2,3)4/h13,16H,7-12H2,1-6H3. The molecule has 126 valence electrons. The first-order valence-corrected chi connectivity index (χ1v) is 7.53. The van der Waals surface area contributed by atoms with Gasteiger partial charge in [-0.15, -0.1) is 0 Å². The number of hydrogen-bond acceptors (Lipinski definition) is 5. The predicted molar refractivity (Wildman–Crippen MR) is 83.6 cm³/mol. The van der Waals surface area contributed by atoms with Crippen molar-refractivity contribution >= 4 is 6.09 Å². The SMILES string of the molecule is CCC(COC)NCCN(CCOC)C(=O)OC(C)(C)C. The summed E-state index contributed by atoms with van der Waals surface area (Å²) in [6, 6.07) is 0.304. The lowest BCUT2D eigenvalue weighted by atomic mass is 10.2. The second-order valence-corrected chi connectivity index (χ2v) is 5.97. The average molecular weight is 304 g/mol. The van der Waals surface area contributed by atoms with E-state index in [0.29, 0.717) is 38.9 Å². The number of carbonyl (C=O) groups excluding carboxylic acids is 1. The summed E-state index contributed by atoms with van der Waals surface area (Å²) >= 11 is 0. The van der Waals surface area contributed by atoms with Gasteiger partial charge < -0.3 is 24.4 Å². The van der Waals surface area contributed by atoms with E-state index < -0.39 is 5.60 Å². The Balaban J connectivity index is 4.32. The number of ether oxygens (including phenoxy) is 3. The van der Waals surface area contributed by atoms with Crippen LogP contribution in [0.5, 0.6) is 0 Å². The van der Waals surface area contributed by atoms with Crippen LogP contribution in [0.25, 0.3) is 0 Å². The van der Waals surface area contributed by atoms with Gasteiger partial charge >= 0.3 is 6.09 Å². The van der Waals surface area contributed by atoms with Crippen LogP contribution in [0, 0.1) is 0 Å². The molecule has 0 fully saturated rings. The lowest BCUT2D eigenvalue weighted by molar-refractivity contribution is 0.0201. The Morgan fingerprint density at radius 2 is 1.86 bits per heavy atom. The zero-order chi connectivity index (χ0) is 16.3. The van der Waals surface area contributed by atoms with Gasteiger partial charge in [-0.1, -0.05) is 6.92 Å². The van der Waals surface area contributed by atoms with Gasteiger partial charge in [0.2, 0.25) is 0 Å². The van der Waals surface area contributed by atoms with Crippen LogP contribution in [0.2, 0.25) is 0 Å². The van der Waals surface area contributed by atoms with Crippen LogP contribution in [0.1, 0.15) is 34.1 Å². The van der Waals surface area contributed by atoms with Crippen molar-refractivity contribution in [3.8, 4) is 0 Å². The molecular formula is C15H32N2O4. The first-order valence-electron chi connectivity index (χ1n) is 7.53. The molecule has 1 unspecified atom stereocenters. The molecule has 0 spiro atoms. The van der Waals surface area contributed by atoms with Crippen molar-refractivity contribution in [2.45, 2.75) is 45.8 Å². The molecule has 0 rings (SSSR count). The van der Waals surface area contributed by atoms with E-state index in [2.05, 4.69) is 12.2 Å². The summed E-state index contributed by atoms with van der Waals surface area (Å²) in [5.41, 5.74) is -0.488. The molecule has 6 nitrogen and oxygen atoms in total. The van der Waals surface area contributed by atoms with Gasteiger partial charge in [-0.25, -0.2) is 4.79 Å². The van der Waals surface area contributed by atoms with Crippen LogP contribution in [0.4, 0.5) is 4.79 Å². The van der Waals surface area contributed by atoms with E-state index in [9.17, 15) is 4.79 Å². The molecule has 0 aliphatic rings. The smallest absolute Gasteiger partial charge is 0.410 e. The normalized spacial score (nSPS) is 13.0. The number of methoxy groups -OCH3 is 2. The molecule has 0 aliphatic carbocycles. The molecule has 0 saturated carbocycles. The number of amides is 1. The molecule has 0 bridgehead atoms. The van der Waals surface area contributed by atoms with Gasteiger partial charge in [0.05, 0.1) is 13.2 Å². The monoisotopic (exact) mass is 304 g/mol. The van der Waals surface area contributed by atoms with Gasteiger partial charge in [-0.05, 0) is 27.2 Å². The molecule has 0 radical (unpaired) electrons. The molecule has 0 aromatic rings. The van der Waals surface area contributed by atoms with Gasteiger partial charge in [0.1, 0.15) is 5.60 Å². The van der Waals surface area contributed by atoms with Crippen molar-refractivity contribution in [3.05, 3.63) is 0 Å². The van der Waals surface area contributed by atoms with Gasteiger partial charge in [0.15, 0.2) is 0 Å². The summed E-state index contributed by atoms with van der Waals surface area (Å²) in [4.78, 5) is 13.8. The highest BCUT2D eigenvalue weighted by Crippen LogP contribution is 2.09. The van der Waals surface area contributed by atoms with E-state index in [0.717, 1.165) is 6.42 Å². The highest BCUT2D eigenvalue weighted by molar-refractivity contribution is 5.68. The van der Waals surface area contributed by atoms with Gasteiger partial charge in [0, 0.05) is 39.9 Å². The van der Waals surface area contributed by atoms with E-state index in [1.807, 2.05) is 20.8 Å². The van der Waals surface area contributed by atoms with E-state index in [1.165, 1.54) is 0 Å². The summed E-state index contributed by atoms with van der Waals surface area (Å²) in [7, 11) is 3.31. The van der Waals surface area contributed by atoms with Crippen LogP contribution < -0.4 is 5.32 Å². The summed E-state index contributed by atoms with van der Waals surface area (Å²) in [6.07, 6.45) is 0.680. The molecule has 1 atom stereocenters. The second kappa shape index (κ2) is 10.8. The minimum absolute atomic E-state index is 0.304. The van der Waals surface area contributed by atoms with Crippen molar-refractivity contribution in [2.24, 2.45) is 0 Å². The third kappa shape index (κ3) is 10.5. The lowest BCUT2D eigenvalue weighted by Crippen LogP contribution is -2.44. The van der Waals surface area contributed by atoms with Crippen molar-refractivity contribution in [2.75, 3.05) is 47.1 Å². The van der Waals surface area contributed by atoms with E-state index in [4.69, 9.17) is 14.2 Å². The first kappa shape index (κ1) is 20.1. The van der Waals surface area contributed by atoms with E-state index in [-0.39, 0.29) is 6.09 Å². The molecule has 21 heavy (non-hydrogen) atoms. The number of rotatable bonds is 10. The topological polar surface area (TPSA) is 60.0 Å². The molecule has 0 heterocycles. The maximum atomic E-state index is 12.1. The summed E-state index contributed by atoms with van der Waals surface area (Å²) < 4.78 is 15.6. The maximum absolute atomic E-state index is 12.1. The zero-order valence-corrected chi connectivity index (χ0v) is 14.4. The molecule has 6 heteroatoms. The highest BCUT2D eigenvalue weighted by atomic mass is 16.6. The van der Waals surface area contributed by atoms with Crippen LogP contribution in [-0.2, 0) is 14.2 Å². The van der Waals surface area contributed by atoms with Gasteiger partial charge in [0.25, 0.3) is 0 Å². The van der Waals surface area contributed by atoms with Crippen molar-refractivity contribution < 1.29 is 19.0 Å². The molecule has 0 aliphatic heterocycles. The van der Waals surface area contributed by atoms with E-state index in [1.54, 1.807) is 19.1 Å². The third-order valence-electron chi connectivity index (χ3n) is 2.89. The molecule has 1 N–H and O–H groups in total.